The molecule has 0 radical (unpaired) electrons. The van der Waals surface area contributed by atoms with Crippen LogP contribution in [0.3, 0.4) is 0 Å². The minimum absolute atomic E-state index is 0.00115. The molecule has 1 aliphatic heterocycles. The summed E-state index contributed by atoms with van der Waals surface area (Å²) in [6.07, 6.45) is 0.855. The average Bonchev–Trinajstić information content (AvgIpc) is 3.23. The van der Waals surface area contributed by atoms with Crippen LogP contribution in [-0.2, 0) is 11.2 Å². The molecule has 0 aliphatic carbocycles. The van der Waals surface area contributed by atoms with Crippen LogP contribution in [0.2, 0.25) is 0 Å². The van der Waals surface area contributed by atoms with Gasteiger partial charge in [0.15, 0.2) is 0 Å². The highest BCUT2D eigenvalue weighted by Crippen LogP contribution is 2.32. The van der Waals surface area contributed by atoms with Crippen LogP contribution in [0.25, 0.3) is 5.69 Å². The highest BCUT2D eigenvalue weighted by atomic mass is 32.2. The molecule has 132 valence electrons. The lowest BCUT2D eigenvalue weighted by Crippen LogP contribution is -2.37. The van der Waals surface area contributed by atoms with Crippen LogP contribution < -0.4 is 4.90 Å². The molecule has 0 unspecified atom stereocenters. The van der Waals surface area contributed by atoms with E-state index in [-0.39, 0.29) is 23.5 Å². The fourth-order valence-electron chi connectivity index (χ4n) is 3.18. The minimum atomic E-state index is -0.368. The van der Waals surface area contributed by atoms with Gasteiger partial charge in [0.2, 0.25) is 11.1 Å². The number of aromatic nitrogens is 4. The summed E-state index contributed by atoms with van der Waals surface area (Å²) in [7, 11) is 0. The van der Waals surface area contributed by atoms with Gasteiger partial charge in [-0.3, -0.25) is 4.79 Å². The Balaban J connectivity index is 1.51. The first-order chi connectivity index (χ1) is 12.6. The van der Waals surface area contributed by atoms with Gasteiger partial charge in [-0.25, -0.2) is 4.39 Å². The van der Waals surface area contributed by atoms with E-state index < -0.39 is 0 Å². The van der Waals surface area contributed by atoms with Crippen LogP contribution in [0.15, 0.2) is 53.7 Å². The molecule has 2 aromatic carbocycles. The number of amides is 1. The second kappa shape index (κ2) is 6.87. The molecule has 26 heavy (non-hydrogen) atoms. The second-order valence-corrected chi connectivity index (χ2v) is 7.03. The van der Waals surface area contributed by atoms with Crippen molar-refractivity contribution in [1.82, 2.24) is 20.2 Å². The Labute approximate surface area is 154 Å². The van der Waals surface area contributed by atoms with Crippen molar-refractivity contribution in [2.24, 2.45) is 0 Å². The number of carbonyl (C=O) groups excluding carboxylic acids is 1. The number of hydrogen-bond acceptors (Lipinski definition) is 5. The van der Waals surface area contributed by atoms with Gasteiger partial charge in [0.05, 0.1) is 11.4 Å². The van der Waals surface area contributed by atoms with Crippen molar-refractivity contribution in [3.63, 3.8) is 0 Å². The smallest absolute Gasteiger partial charge is 0.237 e. The molecule has 1 aliphatic rings. The summed E-state index contributed by atoms with van der Waals surface area (Å²) in [5.41, 5.74) is 2.67. The van der Waals surface area contributed by atoms with Crippen molar-refractivity contribution < 1.29 is 9.18 Å². The van der Waals surface area contributed by atoms with Crippen LogP contribution in [0.1, 0.15) is 12.5 Å². The predicted octanol–water partition coefficient (Wildman–Crippen LogP) is 2.87. The summed E-state index contributed by atoms with van der Waals surface area (Å²) >= 11 is 1.24. The first kappa shape index (κ1) is 16.7. The first-order valence-corrected chi connectivity index (χ1v) is 9.19. The molecule has 8 heteroatoms. The van der Waals surface area contributed by atoms with E-state index in [0.717, 1.165) is 12.1 Å². The zero-order chi connectivity index (χ0) is 18.1. The van der Waals surface area contributed by atoms with E-state index in [1.54, 1.807) is 12.1 Å². The van der Waals surface area contributed by atoms with Crippen molar-refractivity contribution in [2.45, 2.75) is 24.5 Å². The fraction of sp³-hybridized carbons (Fsp3) is 0.222. The van der Waals surface area contributed by atoms with Crippen molar-refractivity contribution in [2.75, 3.05) is 10.7 Å². The van der Waals surface area contributed by atoms with Gasteiger partial charge in [0, 0.05) is 11.7 Å². The molecule has 0 saturated heterocycles. The second-order valence-electron chi connectivity index (χ2n) is 6.09. The number of benzene rings is 2. The monoisotopic (exact) mass is 369 g/mol. The maximum absolute atomic E-state index is 13.4. The van der Waals surface area contributed by atoms with Crippen molar-refractivity contribution >= 4 is 23.4 Å². The van der Waals surface area contributed by atoms with Crippen molar-refractivity contribution in [1.29, 1.82) is 0 Å². The van der Waals surface area contributed by atoms with Gasteiger partial charge in [-0.05, 0) is 53.6 Å². The van der Waals surface area contributed by atoms with Gasteiger partial charge >= 0.3 is 0 Å². The maximum Gasteiger partial charge on any atom is 0.237 e. The summed E-state index contributed by atoms with van der Waals surface area (Å²) in [5.74, 6) is -0.164. The van der Waals surface area contributed by atoms with Crippen molar-refractivity contribution in [3.8, 4) is 5.69 Å². The summed E-state index contributed by atoms with van der Waals surface area (Å²) in [6, 6.07) is 14.1. The van der Waals surface area contributed by atoms with Gasteiger partial charge in [-0.1, -0.05) is 36.0 Å². The van der Waals surface area contributed by atoms with Gasteiger partial charge < -0.3 is 4.90 Å². The lowest BCUT2D eigenvalue weighted by Gasteiger charge is -2.22. The van der Waals surface area contributed by atoms with Crippen LogP contribution in [0, 0.1) is 5.82 Å². The molecule has 0 N–H and O–H groups in total. The van der Waals surface area contributed by atoms with E-state index in [1.807, 2.05) is 30.0 Å². The number of fused-ring (bicyclic) bond motifs is 1. The van der Waals surface area contributed by atoms with E-state index in [2.05, 4.69) is 21.6 Å². The lowest BCUT2D eigenvalue weighted by atomic mass is 10.1. The number of anilines is 1. The molecular weight excluding hydrogens is 353 g/mol. The predicted molar refractivity (Wildman–Crippen MR) is 96.9 cm³/mol. The van der Waals surface area contributed by atoms with Crippen LogP contribution in [0.4, 0.5) is 10.1 Å². The Morgan fingerprint density at radius 1 is 1.27 bits per heavy atom. The molecule has 3 aromatic rings. The summed E-state index contributed by atoms with van der Waals surface area (Å²) in [5, 5.41) is 12.0. The minimum Gasteiger partial charge on any atom is -0.308 e. The van der Waals surface area contributed by atoms with E-state index >= 15 is 0 Å². The highest BCUT2D eigenvalue weighted by molar-refractivity contribution is 7.99. The van der Waals surface area contributed by atoms with E-state index in [0.29, 0.717) is 10.8 Å². The Morgan fingerprint density at radius 2 is 2.12 bits per heavy atom. The Bertz CT molecular complexity index is 960. The molecule has 2 heterocycles. The number of nitrogens with zero attached hydrogens (tertiary/aromatic N) is 5. The van der Waals surface area contributed by atoms with E-state index in [9.17, 15) is 9.18 Å². The number of carbonyl (C=O) groups is 1. The normalized spacial score (nSPS) is 15.9. The molecule has 6 nitrogen and oxygen atoms in total. The number of thioether (sulfide) groups is 1. The standard InChI is InChI=1S/C18H16FN5OS/c1-12-9-13-5-2-3-8-16(13)23(12)17(25)11-26-18-20-21-22-24(18)15-7-4-6-14(19)10-15/h2-8,10,12H,9,11H2,1H3/t12-/m0/s1. The molecule has 1 atom stereocenters. The van der Waals surface area contributed by atoms with Gasteiger partial charge in [0.1, 0.15) is 5.82 Å². The molecule has 1 amide bonds. The lowest BCUT2D eigenvalue weighted by molar-refractivity contribution is -0.116. The summed E-state index contributed by atoms with van der Waals surface area (Å²) < 4.78 is 14.9. The summed E-state index contributed by atoms with van der Waals surface area (Å²) in [4.78, 5) is 14.6. The number of tetrazole rings is 1. The quantitative estimate of drug-likeness (QED) is 0.662. The third-order valence-electron chi connectivity index (χ3n) is 4.29. The molecule has 0 spiro atoms. The largest absolute Gasteiger partial charge is 0.308 e. The van der Waals surface area contributed by atoms with Crippen molar-refractivity contribution in [3.05, 3.63) is 59.9 Å². The topological polar surface area (TPSA) is 63.9 Å². The number of hydrogen-bond donors (Lipinski definition) is 0. The first-order valence-electron chi connectivity index (χ1n) is 8.20. The third kappa shape index (κ3) is 3.08. The van der Waals surface area contributed by atoms with Crippen LogP contribution in [-0.4, -0.2) is 37.9 Å². The Hall–Kier alpha value is -2.74. The SMILES string of the molecule is C[C@H]1Cc2ccccc2N1C(=O)CSc1nnnn1-c1cccc(F)c1. The third-order valence-corrected chi connectivity index (χ3v) is 5.20. The van der Waals surface area contributed by atoms with E-state index in [4.69, 9.17) is 0 Å². The summed E-state index contributed by atoms with van der Waals surface area (Å²) in [6.45, 7) is 2.04. The molecule has 0 bridgehead atoms. The molecule has 1 aromatic heterocycles. The maximum atomic E-state index is 13.4. The van der Waals surface area contributed by atoms with Gasteiger partial charge in [-0.15, -0.1) is 5.10 Å². The molecule has 0 saturated carbocycles. The van der Waals surface area contributed by atoms with Crippen LogP contribution in [0.5, 0.6) is 0 Å². The van der Waals surface area contributed by atoms with E-state index in [1.165, 1.54) is 34.1 Å². The number of halogens is 1. The Kier molecular flexibility index (Phi) is 4.42. The molecular formula is C18H16FN5OS. The number of para-hydroxylation sites is 1. The average molecular weight is 369 g/mol. The zero-order valence-corrected chi connectivity index (χ0v) is 14.9. The zero-order valence-electron chi connectivity index (χ0n) is 14.0. The van der Waals surface area contributed by atoms with Gasteiger partial charge in [0.25, 0.3) is 0 Å². The van der Waals surface area contributed by atoms with Gasteiger partial charge in [-0.2, -0.15) is 4.68 Å². The number of rotatable bonds is 4. The molecule has 0 fully saturated rings. The molecule has 4 rings (SSSR count). The van der Waals surface area contributed by atoms with Crippen LogP contribution >= 0.6 is 11.8 Å². The highest BCUT2D eigenvalue weighted by Gasteiger charge is 2.30. The Morgan fingerprint density at radius 3 is 2.96 bits per heavy atom. The fourth-order valence-corrected chi connectivity index (χ4v) is 3.93.